The Balaban J connectivity index is 2.17. The topological polar surface area (TPSA) is 66.3 Å². The smallest absolute Gasteiger partial charge is 0.329 e. The lowest BCUT2D eigenvalue weighted by Gasteiger charge is -2.35. The zero-order chi connectivity index (χ0) is 14.2. The Labute approximate surface area is 117 Å². The van der Waals surface area contributed by atoms with Crippen LogP contribution in [0.3, 0.4) is 0 Å². The minimum absolute atomic E-state index is 0.570. The Bertz CT molecular complexity index is 653. The first-order valence-corrected chi connectivity index (χ1v) is 6.90. The van der Waals surface area contributed by atoms with Crippen LogP contribution in [0, 0.1) is 0 Å². The number of aromatic nitrogens is 2. The minimum Gasteiger partial charge on any atom is -0.479 e. The number of aliphatic carboxylic acids is 1. The highest BCUT2D eigenvalue weighted by Crippen LogP contribution is 2.38. The molecule has 2 heterocycles. The van der Waals surface area contributed by atoms with Gasteiger partial charge in [0.25, 0.3) is 0 Å². The van der Waals surface area contributed by atoms with Crippen LogP contribution in [-0.2, 0) is 4.79 Å². The van der Waals surface area contributed by atoms with Gasteiger partial charge < -0.3 is 10.0 Å². The number of carbonyl (C=O) groups is 1. The van der Waals surface area contributed by atoms with Gasteiger partial charge in [-0.3, -0.25) is 0 Å². The highest BCUT2D eigenvalue weighted by atomic mass is 16.4. The molecule has 0 aliphatic carbocycles. The Morgan fingerprint density at radius 3 is 2.95 bits per heavy atom. The first-order valence-electron chi connectivity index (χ1n) is 6.90. The highest BCUT2D eigenvalue weighted by molar-refractivity contribution is 5.93. The van der Waals surface area contributed by atoms with E-state index in [9.17, 15) is 9.90 Å². The number of para-hydroxylation sites is 1. The number of anilines is 1. The number of carboxylic acids is 1. The van der Waals surface area contributed by atoms with E-state index in [2.05, 4.69) is 9.97 Å². The van der Waals surface area contributed by atoms with E-state index in [-0.39, 0.29) is 0 Å². The molecule has 1 aliphatic heterocycles. The third kappa shape index (κ3) is 1.73. The summed E-state index contributed by atoms with van der Waals surface area (Å²) in [5.74, 6) is -0.0301. The predicted molar refractivity (Wildman–Crippen MR) is 76.8 cm³/mol. The van der Waals surface area contributed by atoms with Crippen molar-refractivity contribution in [1.29, 1.82) is 0 Å². The number of nitrogens with zero attached hydrogens (tertiary/aromatic N) is 3. The standard InChI is InChI=1S/C15H17N3O2/c1-2-15(14(19)20)8-5-9-18(15)13-11-6-3-4-7-12(11)16-10-17-13/h3-4,6-7,10H,2,5,8-9H2,1H3,(H,19,20). The van der Waals surface area contributed by atoms with E-state index in [0.717, 1.165) is 29.7 Å². The molecule has 5 heteroatoms. The van der Waals surface area contributed by atoms with Crippen LogP contribution in [0.1, 0.15) is 26.2 Å². The predicted octanol–water partition coefficient (Wildman–Crippen LogP) is 2.46. The van der Waals surface area contributed by atoms with Crippen molar-refractivity contribution in [3.05, 3.63) is 30.6 Å². The maximum Gasteiger partial charge on any atom is 0.329 e. The van der Waals surface area contributed by atoms with Crippen LogP contribution >= 0.6 is 0 Å². The number of hydrogen-bond acceptors (Lipinski definition) is 4. The van der Waals surface area contributed by atoms with Crippen molar-refractivity contribution < 1.29 is 9.90 Å². The van der Waals surface area contributed by atoms with E-state index in [4.69, 9.17) is 0 Å². The molecule has 1 N–H and O–H groups in total. The Morgan fingerprint density at radius 1 is 1.40 bits per heavy atom. The van der Waals surface area contributed by atoms with E-state index in [1.165, 1.54) is 6.33 Å². The van der Waals surface area contributed by atoms with Crippen LogP contribution in [0.25, 0.3) is 10.9 Å². The normalized spacial score (nSPS) is 22.4. The van der Waals surface area contributed by atoms with Crippen LogP contribution < -0.4 is 4.90 Å². The number of fused-ring (bicyclic) bond motifs is 1. The van der Waals surface area contributed by atoms with Crippen LogP contribution in [0.5, 0.6) is 0 Å². The monoisotopic (exact) mass is 271 g/mol. The highest BCUT2D eigenvalue weighted by Gasteiger charge is 2.47. The molecule has 0 amide bonds. The third-order valence-electron chi connectivity index (χ3n) is 4.25. The maximum absolute atomic E-state index is 11.8. The van der Waals surface area contributed by atoms with E-state index >= 15 is 0 Å². The maximum atomic E-state index is 11.8. The van der Waals surface area contributed by atoms with Crippen molar-refractivity contribution in [2.75, 3.05) is 11.4 Å². The first-order chi connectivity index (χ1) is 9.69. The minimum atomic E-state index is -0.836. The van der Waals surface area contributed by atoms with Gasteiger partial charge in [-0.1, -0.05) is 19.1 Å². The average Bonchev–Trinajstić information content (AvgIpc) is 2.91. The zero-order valence-electron chi connectivity index (χ0n) is 11.4. The van der Waals surface area contributed by atoms with Crippen LogP contribution in [0.15, 0.2) is 30.6 Å². The molecule has 5 nitrogen and oxygen atoms in total. The molecule has 0 saturated carbocycles. The molecule has 0 spiro atoms. The average molecular weight is 271 g/mol. The largest absolute Gasteiger partial charge is 0.479 e. The van der Waals surface area contributed by atoms with Gasteiger partial charge in [0.1, 0.15) is 17.7 Å². The first kappa shape index (κ1) is 12.8. The van der Waals surface area contributed by atoms with Crippen LogP contribution in [0.4, 0.5) is 5.82 Å². The molecule has 1 fully saturated rings. The number of carboxylic acid groups (broad SMARTS) is 1. The molecule has 1 saturated heterocycles. The van der Waals surface area contributed by atoms with Crippen molar-refractivity contribution in [3.63, 3.8) is 0 Å². The fourth-order valence-electron chi connectivity index (χ4n) is 3.13. The van der Waals surface area contributed by atoms with Gasteiger partial charge in [0.05, 0.1) is 5.52 Å². The van der Waals surface area contributed by atoms with Crippen LogP contribution in [-0.4, -0.2) is 33.1 Å². The Hall–Kier alpha value is -2.17. The van der Waals surface area contributed by atoms with Gasteiger partial charge in [-0.2, -0.15) is 0 Å². The quantitative estimate of drug-likeness (QED) is 0.928. The summed E-state index contributed by atoms with van der Waals surface area (Å²) < 4.78 is 0. The molecule has 1 atom stereocenters. The summed E-state index contributed by atoms with van der Waals surface area (Å²) in [5.41, 5.74) is 0.0108. The van der Waals surface area contributed by atoms with E-state index < -0.39 is 11.5 Å². The van der Waals surface area contributed by atoms with Gasteiger partial charge in [0.2, 0.25) is 0 Å². The molecule has 2 aromatic rings. The fraction of sp³-hybridized carbons (Fsp3) is 0.400. The number of benzene rings is 1. The van der Waals surface area contributed by atoms with E-state index in [0.29, 0.717) is 12.8 Å². The molecular weight excluding hydrogens is 254 g/mol. The van der Waals surface area contributed by atoms with Crippen LogP contribution in [0.2, 0.25) is 0 Å². The molecule has 3 rings (SSSR count). The second-order valence-corrected chi connectivity index (χ2v) is 5.16. The van der Waals surface area contributed by atoms with Crippen molar-refractivity contribution in [2.24, 2.45) is 0 Å². The lowest BCUT2D eigenvalue weighted by Crippen LogP contribution is -2.50. The van der Waals surface area contributed by atoms with Crippen molar-refractivity contribution in [1.82, 2.24) is 9.97 Å². The van der Waals surface area contributed by atoms with Gasteiger partial charge >= 0.3 is 5.97 Å². The van der Waals surface area contributed by atoms with Gasteiger partial charge in [0, 0.05) is 11.9 Å². The molecule has 20 heavy (non-hydrogen) atoms. The summed E-state index contributed by atoms with van der Waals surface area (Å²) in [7, 11) is 0. The summed E-state index contributed by atoms with van der Waals surface area (Å²) in [4.78, 5) is 22.3. The Morgan fingerprint density at radius 2 is 2.20 bits per heavy atom. The molecule has 1 aromatic carbocycles. The summed E-state index contributed by atoms with van der Waals surface area (Å²) >= 11 is 0. The fourth-order valence-corrected chi connectivity index (χ4v) is 3.13. The third-order valence-corrected chi connectivity index (χ3v) is 4.25. The molecule has 104 valence electrons. The second kappa shape index (κ2) is 4.74. The number of rotatable bonds is 3. The van der Waals surface area contributed by atoms with Crippen molar-refractivity contribution in [2.45, 2.75) is 31.7 Å². The Kier molecular flexibility index (Phi) is 3.04. The summed E-state index contributed by atoms with van der Waals surface area (Å²) in [6.45, 7) is 2.65. The molecule has 1 unspecified atom stereocenters. The molecule has 0 radical (unpaired) electrons. The second-order valence-electron chi connectivity index (χ2n) is 5.16. The van der Waals surface area contributed by atoms with Crippen molar-refractivity contribution >= 4 is 22.7 Å². The summed E-state index contributed by atoms with van der Waals surface area (Å²) in [6.07, 6.45) is 3.62. The van der Waals surface area contributed by atoms with Gasteiger partial charge in [-0.05, 0) is 31.4 Å². The summed E-state index contributed by atoms with van der Waals surface area (Å²) in [6, 6.07) is 7.73. The molecule has 0 bridgehead atoms. The van der Waals surface area contributed by atoms with E-state index in [1.807, 2.05) is 36.1 Å². The van der Waals surface area contributed by atoms with E-state index in [1.54, 1.807) is 0 Å². The zero-order valence-corrected chi connectivity index (χ0v) is 11.4. The molecular formula is C15H17N3O2. The van der Waals surface area contributed by atoms with Crippen molar-refractivity contribution in [3.8, 4) is 0 Å². The molecule has 1 aliphatic rings. The van der Waals surface area contributed by atoms with Gasteiger partial charge in [-0.25, -0.2) is 14.8 Å². The molecule has 1 aromatic heterocycles. The SMILES string of the molecule is CCC1(C(=O)O)CCCN1c1ncnc2ccccc12. The lowest BCUT2D eigenvalue weighted by atomic mass is 9.93. The lowest BCUT2D eigenvalue weighted by molar-refractivity contribution is -0.143. The van der Waals surface area contributed by atoms with Gasteiger partial charge in [0.15, 0.2) is 0 Å². The summed E-state index contributed by atoms with van der Waals surface area (Å²) in [5, 5.41) is 10.6. The van der Waals surface area contributed by atoms with Gasteiger partial charge in [-0.15, -0.1) is 0 Å². The number of hydrogen-bond donors (Lipinski definition) is 1.